The number of rotatable bonds is 2. The van der Waals surface area contributed by atoms with E-state index < -0.39 is 0 Å². The van der Waals surface area contributed by atoms with Gasteiger partial charge in [-0.2, -0.15) is 4.39 Å². The molecule has 13 heavy (non-hydrogen) atoms. The molecule has 1 nitrogen and oxygen atoms in total. The molecule has 1 aromatic heterocycles. The molecule has 0 bridgehead atoms. The summed E-state index contributed by atoms with van der Waals surface area (Å²) in [7, 11) is 1.76. The van der Waals surface area contributed by atoms with Crippen LogP contribution in [0.25, 0.3) is 0 Å². The molecule has 0 aliphatic carbocycles. The molecule has 0 spiro atoms. The Balaban J connectivity index is 3.27. The Bertz CT molecular complexity index is 297. The molecular weight excluding hydrogens is 165 g/mol. The van der Waals surface area contributed by atoms with Crippen molar-refractivity contribution in [2.75, 3.05) is 0 Å². The molecule has 1 heterocycles. The van der Waals surface area contributed by atoms with Crippen LogP contribution in [0.3, 0.4) is 0 Å². The van der Waals surface area contributed by atoms with E-state index in [4.69, 9.17) is 0 Å². The van der Waals surface area contributed by atoms with Crippen LogP contribution in [0.15, 0.2) is 6.20 Å². The standard InChI is InChI=1S/C11H18FN/c1-7(2)9-6-13(5)11(12)10(9)8(3)4/h6-8H,1-5H3. The lowest BCUT2D eigenvalue weighted by atomic mass is 9.95. The van der Waals surface area contributed by atoms with Crippen LogP contribution >= 0.6 is 0 Å². The third kappa shape index (κ3) is 1.77. The van der Waals surface area contributed by atoms with Gasteiger partial charge in [-0.15, -0.1) is 0 Å². The molecule has 74 valence electrons. The van der Waals surface area contributed by atoms with Crippen LogP contribution in [0.1, 0.15) is 50.7 Å². The Labute approximate surface area is 79.6 Å². The fourth-order valence-electron chi connectivity index (χ4n) is 1.68. The van der Waals surface area contributed by atoms with Crippen molar-refractivity contribution in [1.82, 2.24) is 4.57 Å². The van der Waals surface area contributed by atoms with Gasteiger partial charge < -0.3 is 4.57 Å². The van der Waals surface area contributed by atoms with Crippen molar-refractivity contribution < 1.29 is 4.39 Å². The minimum Gasteiger partial charge on any atom is -0.327 e. The van der Waals surface area contributed by atoms with Gasteiger partial charge in [0.15, 0.2) is 5.95 Å². The van der Waals surface area contributed by atoms with Crippen LogP contribution in [0.5, 0.6) is 0 Å². The van der Waals surface area contributed by atoms with Crippen molar-refractivity contribution in [1.29, 1.82) is 0 Å². The normalized spacial score (nSPS) is 11.7. The first-order valence-electron chi connectivity index (χ1n) is 4.79. The number of halogens is 1. The average Bonchev–Trinajstić information content (AvgIpc) is 2.28. The molecule has 2 heteroatoms. The molecule has 0 aromatic carbocycles. The zero-order valence-electron chi connectivity index (χ0n) is 9.06. The van der Waals surface area contributed by atoms with Gasteiger partial charge in [0.05, 0.1) is 0 Å². The Kier molecular flexibility index (Phi) is 2.79. The SMILES string of the molecule is CC(C)c1cn(C)c(F)c1C(C)C. The molecule has 0 aliphatic heterocycles. The summed E-state index contributed by atoms with van der Waals surface area (Å²) in [6.07, 6.45) is 1.90. The first-order chi connectivity index (χ1) is 5.95. The quantitative estimate of drug-likeness (QED) is 0.662. The van der Waals surface area contributed by atoms with Gasteiger partial charge in [0, 0.05) is 18.8 Å². The van der Waals surface area contributed by atoms with E-state index in [2.05, 4.69) is 13.8 Å². The molecule has 0 saturated heterocycles. The van der Waals surface area contributed by atoms with Crippen LogP contribution in [-0.4, -0.2) is 4.57 Å². The number of aromatic nitrogens is 1. The van der Waals surface area contributed by atoms with E-state index in [0.29, 0.717) is 5.92 Å². The second kappa shape index (κ2) is 3.52. The fourth-order valence-corrected chi connectivity index (χ4v) is 1.68. The fraction of sp³-hybridized carbons (Fsp3) is 0.636. The molecule has 0 unspecified atom stereocenters. The maximum absolute atomic E-state index is 13.6. The van der Waals surface area contributed by atoms with E-state index >= 15 is 0 Å². The maximum Gasteiger partial charge on any atom is 0.197 e. The topological polar surface area (TPSA) is 4.93 Å². The van der Waals surface area contributed by atoms with E-state index in [1.165, 1.54) is 0 Å². The molecule has 0 fully saturated rings. The summed E-state index contributed by atoms with van der Waals surface area (Å²) in [6, 6.07) is 0. The summed E-state index contributed by atoms with van der Waals surface area (Å²) in [6.45, 7) is 8.26. The largest absolute Gasteiger partial charge is 0.327 e. The van der Waals surface area contributed by atoms with Gasteiger partial charge in [0.2, 0.25) is 0 Å². The molecule has 1 rings (SSSR count). The van der Waals surface area contributed by atoms with Crippen molar-refractivity contribution >= 4 is 0 Å². The van der Waals surface area contributed by atoms with Crippen LogP contribution in [0.4, 0.5) is 4.39 Å². The highest BCUT2D eigenvalue weighted by Crippen LogP contribution is 2.29. The van der Waals surface area contributed by atoms with Crippen molar-refractivity contribution in [3.05, 3.63) is 23.3 Å². The molecule has 0 N–H and O–H groups in total. The second-order valence-corrected chi connectivity index (χ2v) is 4.21. The lowest BCUT2D eigenvalue weighted by Gasteiger charge is -2.09. The van der Waals surface area contributed by atoms with E-state index in [-0.39, 0.29) is 11.9 Å². The van der Waals surface area contributed by atoms with Gasteiger partial charge in [-0.1, -0.05) is 27.7 Å². The summed E-state index contributed by atoms with van der Waals surface area (Å²) in [5.74, 6) is 0.574. The molecular formula is C11H18FN. The summed E-state index contributed by atoms with van der Waals surface area (Å²) < 4.78 is 15.2. The Morgan fingerprint density at radius 1 is 1.15 bits per heavy atom. The molecule has 0 radical (unpaired) electrons. The van der Waals surface area contributed by atoms with Gasteiger partial charge in [0.25, 0.3) is 0 Å². The zero-order valence-corrected chi connectivity index (χ0v) is 9.06. The summed E-state index contributed by atoms with van der Waals surface area (Å²) >= 11 is 0. The van der Waals surface area contributed by atoms with Crippen molar-refractivity contribution in [3.8, 4) is 0 Å². The van der Waals surface area contributed by atoms with Gasteiger partial charge in [0.1, 0.15) is 0 Å². The monoisotopic (exact) mass is 183 g/mol. The predicted molar refractivity (Wildman–Crippen MR) is 53.5 cm³/mol. The van der Waals surface area contributed by atoms with Gasteiger partial charge >= 0.3 is 0 Å². The number of nitrogens with zero attached hydrogens (tertiary/aromatic N) is 1. The Morgan fingerprint density at radius 3 is 2.00 bits per heavy atom. The van der Waals surface area contributed by atoms with Crippen LogP contribution in [-0.2, 0) is 7.05 Å². The predicted octanol–water partition coefficient (Wildman–Crippen LogP) is 3.41. The highest BCUT2D eigenvalue weighted by Gasteiger charge is 2.18. The summed E-state index contributed by atoms with van der Waals surface area (Å²) in [4.78, 5) is 0. The van der Waals surface area contributed by atoms with Crippen LogP contribution in [0, 0.1) is 5.95 Å². The Morgan fingerprint density at radius 2 is 1.69 bits per heavy atom. The molecule has 0 amide bonds. The number of aryl methyl sites for hydroxylation is 1. The Hall–Kier alpha value is -0.790. The minimum atomic E-state index is -0.0845. The van der Waals surface area contributed by atoms with Crippen LogP contribution < -0.4 is 0 Å². The highest BCUT2D eigenvalue weighted by atomic mass is 19.1. The summed E-state index contributed by atoms with van der Waals surface area (Å²) in [5, 5.41) is 0. The van der Waals surface area contributed by atoms with Gasteiger partial charge in [-0.25, -0.2) is 0 Å². The van der Waals surface area contributed by atoms with E-state index in [9.17, 15) is 4.39 Å². The van der Waals surface area contributed by atoms with E-state index in [0.717, 1.165) is 11.1 Å². The molecule has 0 aliphatic rings. The van der Waals surface area contributed by atoms with Gasteiger partial charge in [-0.3, -0.25) is 0 Å². The minimum absolute atomic E-state index is 0.0845. The number of hydrogen-bond donors (Lipinski definition) is 0. The van der Waals surface area contributed by atoms with Crippen LogP contribution in [0.2, 0.25) is 0 Å². The van der Waals surface area contributed by atoms with Crippen molar-refractivity contribution in [2.45, 2.75) is 39.5 Å². The van der Waals surface area contributed by atoms with Crippen molar-refractivity contribution in [3.63, 3.8) is 0 Å². The maximum atomic E-state index is 13.6. The average molecular weight is 183 g/mol. The second-order valence-electron chi connectivity index (χ2n) is 4.21. The van der Waals surface area contributed by atoms with E-state index in [1.807, 2.05) is 20.0 Å². The first kappa shape index (κ1) is 10.3. The lowest BCUT2D eigenvalue weighted by Crippen LogP contribution is -1.97. The molecule has 0 atom stereocenters. The zero-order chi connectivity index (χ0) is 10.2. The van der Waals surface area contributed by atoms with Gasteiger partial charge in [-0.05, 0) is 17.4 Å². The summed E-state index contributed by atoms with van der Waals surface area (Å²) in [5.41, 5.74) is 2.01. The molecule has 1 aromatic rings. The highest BCUT2D eigenvalue weighted by molar-refractivity contribution is 5.31. The first-order valence-corrected chi connectivity index (χ1v) is 4.79. The van der Waals surface area contributed by atoms with E-state index in [1.54, 1.807) is 11.6 Å². The lowest BCUT2D eigenvalue weighted by molar-refractivity contribution is 0.516. The third-order valence-electron chi connectivity index (χ3n) is 2.38. The molecule has 0 saturated carbocycles. The number of hydrogen-bond acceptors (Lipinski definition) is 0. The van der Waals surface area contributed by atoms with Crippen molar-refractivity contribution in [2.24, 2.45) is 7.05 Å². The third-order valence-corrected chi connectivity index (χ3v) is 2.38. The smallest absolute Gasteiger partial charge is 0.197 e.